The van der Waals surface area contributed by atoms with Crippen LogP contribution in [0.5, 0.6) is 0 Å². The predicted octanol–water partition coefficient (Wildman–Crippen LogP) is 1.78. The Kier molecular flexibility index (Phi) is 5.52. The van der Waals surface area contributed by atoms with Crippen molar-refractivity contribution in [3.8, 4) is 0 Å². The Balaban J connectivity index is 1.62. The third-order valence-corrected chi connectivity index (χ3v) is 5.11. The fourth-order valence-corrected chi connectivity index (χ4v) is 3.78. The number of hydrogen-bond acceptors (Lipinski definition) is 5. The zero-order valence-corrected chi connectivity index (χ0v) is 14.6. The van der Waals surface area contributed by atoms with Crippen molar-refractivity contribution in [3.63, 3.8) is 0 Å². The van der Waals surface area contributed by atoms with Crippen LogP contribution in [0.1, 0.15) is 18.4 Å². The molecule has 128 valence electrons. The summed E-state index contributed by atoms with van der Waals surface area (Å²) < 4.78 is 0. The quantitative estimate of drug-likeness (QED) is 0.903. The molecule has 2 aliphatic heterocycles. The van der Waals surface area contributed by atoms with E-state index in [9.17, 15) is 9.59 Å². The minimum absolute atomic E-state index is 0.0618. The Labute approximate surface area is 146 Å². The lowest BCUT2D eigenvalue weighted by molar-refractivity contribution is -0.130. The number of nitrogens with one attached hydrogen (secondary N) is 1. The van der Waals surface area contributed by atoms with E-state index in [0.717, 1.165) is 25.3 Å². The first-order valence-electron chi connectivity index (χ1n) is 8.16. The minimum Gasteiger partial charge on any atom is -0.321 e. The lowest BCUT2D eigenvalue weighted by Gasteiger charge is -2.26. The van der Waals surface area contributed by atoms with Crippen LogP contribution in [0.15, 0.2) is 29.4 Å². The summed E-state index contributed by atoms with van der Waals surface area (Å²) in [5.41, 5.74) is 2.36. The first-order chi connectivity index (χ1) is 11.6. The highest BCUT2D eigenvalue weighted by atomic mass is 32.2. The van der Waals surface area contributed by atoms with Crippen LogP contribution < -0.4 is 5.32 Å². The van der Waals surface area contributed by atoms with Crippen molar-refractivity contribution in [2.24, 2.45) is 5.10 Å². The molecule has 3 rings (SSSR count). The van der Waals surface area contributed by atoms with E-state index in [1.165, 1.54) is 22.1 Å². The number of benzene rings is 1. The molecule has 1 aromatic rings. The lowest BCUT2D eigenvalue weighted by Crippen LogP contribution is -2.34. The monoisotopic (exact) mass is 346 g/mol. The standard InChI is InChI=1S/C17H22N4O2S/c1-20-16(22)6-5-15(19-20)17(23)18-14-4-2-3-13(11-14)12-21-7-9-24-10-8-21/h2-4,11H,5-10,12H2,1H3,(H,18,23). The summed E-state index contributed by atoms with van der Waals surface area (Å²) in [5, 5.41) is 8.19. The first-order valence-corrected chi connectivity index (χ1v) is 9.32. The van der Waals surface area contributed by atoms with Gasteiger partial charge in [0, 0.05) is 56.7 Å². The lowest BCUT2D eigenvalue weighted by atomic mass is 10.1. The Hall–Kier alpha value is -1.86. The van der Waals surface area contributed by atoms with E-state index in [1.54, 1.807) is 7.05 Å². The topological polar surface area (TPSA) is 65.0 Å². The number of thioether (sulfide) groups is 1. The Morgan fingerprint density at radius 2 is 2.08 bits per heavy atom. The molecule has 0 aliphatic carbocycles. The van der Waals surface area contributed by atoms with Gasteiger partial charge in [-0.25, -0.2) is 5.01 Å². The van der Waals surface area contributed by atoms with Crippen LogP contribution in [0.4, 0.5) is 5.69 Å². The molecular formula is C17H22N4O2S. The second-order valence-corrected chi connectivity index (χ2v) is 7.23. The summed E-state index contributed by atoms with van der Waals surface area (Å²) in [7, 11) is 1.58. The maximum Gasteiger partial charge on any atom is 0.271 e. The second-order valence-electron chi connectivity index (χ2n) is 6.01. The molecule has 24 heavy (non-hydrogen) atoms. The number of amides is 2. The van der Waals surface area contributed by atoms with E-state index in [-0.39, 0.29) is 11.8 Å². The maximum atomic E-state index is 12.3. The van der Waals surface area contributed by atoms with Gasteiger partial charge in [-0.1, -0.05) is 12.1 Å². The van der Waals surface area contributed by atoms with Gasteiger partial charge in [0.2, 0.25) is 5.91 Å². The van der Waals surface area contributed by atoms with E-state index in [1.807, 2.05) is 30.0 Å². The summed E-state index contributed by atoms with van der Waals surface area (Å²) >= 11 is 2.00. The second kappa shape index (κ2) is 7.81. The molecule has 2 heterocycles. The molecule has 1 fully saturated rings. The van der Waals surface area contributed by atoms with Crippen LogP contribution in [0.3, 0.4) is 0 Å². The Bertz CT molecular complexity index is 656. The smallest absolute Gasteiger partial charge is 0.271 e. The van der Waals surface area contributed by atoms with Crippen molar-refractivity contribution < 1.29 is 9.59 Å². The Morgan fingerprint density at radius 1 is 1.29 bits per heavy atom. The van der Waals surface area contributed by atoms with E-state index in [4.69, 9.17) is 0 Å². The average molecular weight is 346 g/mol. The predicted molar refractivity (Wildman–Crippen MR) is 97.1 cm³/mol. The van der Waals surface area contributed by atoms with E-state index in [2.05, 4.69) is 21.4 Å². The number of anilines is 1. The number of hydrogen-bond donors (Lipinski definition) is 1. The largest absolute Gasteiger partial charge is 0.321 e. The molecule has 0 bridgehead atoms. The third kappa shape index (κ3) is 4.36. The summed E-state index contributed by atoms with van der Waals surface area (Å²) in [4.78, 5) is 26.2. The summed E-state index contributed by atoms with van der Waals surface area (Å²) in [6.45, 7) is 3.12. The average Bonchev–Trinajstić information content (AvgIpc) is 2.58. The molecule has 0 aromatic heterocycles. The number of carbonyl (C=O) groups excluding carboxylic acids is 2. The number of hydrazone groups is 1. The van der Waals surface area contributed by atoms with Crippen molar-refractivity contribution >= 4 is 35.0 Å². The van der Waals surface area contributed by atoms with E-state index >= 15 is 0 Å². The molecule has 7 heteroatoms. The molecule has 2 aliphatic rings. The first kappa shape index (κ1) is 17.0. The van der Waals surface area contributed by atoms with Crippen LogP contribution in [-0.4, -0.2) is 59.1 Å². The van der Waals surface area contributed by atoms with Crippen molar-refractivity contribution in [2.45, 2.75) is 19.4 Å². The molecule has 0 radical (unpaired) electrons. The molecule has 1 aromatic carbocycles. The number of nitrogens with zero attached hydrogens (tertiary/aromatic N) is 3. The Morgan fingerprint density at radius 3 is 2.83 bits per heavy atom. The molecular weight excluding hydrogens is 324 g/mol. The molecule has 0 unspecified atom stereocenters. The maximum absolute atomic E-state index is 12.3. The SMILES string of the molecule is CN1N=C(C(=O)Nc2cccc(CN3CCSCC3)c2)CCC1=O. The number of rotatable bonds is 4. The highest BCUT2D eigenvalue weighted by Crippen LogP contribution is 2.17. The van der Waals surface area contributed by atoms with Crippen molar-refractivity contribution in [3.05, 3.63) is 29.8 Å². The molecule has 2 amide bonds. The van der Waals surface area contributed by atoms with Gasteiger partial charge in [0.15, 0.2) is 0 Å². The van der Waals surface area contributed by atoms with Gasteiger partial charge in [0.1, 0.15) is 5.71 Å². The third-order valence-electron chi connectivity index (χ3n) is 4.16. The summed E-state index contributed by atoms with van der Waals surface area (Å²) in [6, 6.07) is 7.94. The van der Waals surface area contributed by atoms with Gasteiger partial charge in [-0.2, -0.15) is 16.9 Å². The zero-order valence-electron chi connectivity index (χ0n) is 13.8. The molecule has 1 N–H and O–H groups in total. The highest BCUT2D eigenvalue weighted by Gasteiger charge is 2.22. The molecule has 1 saturated heterocycles. The van der Waals surface area contributed by atoms with E-state index < -0.39 is 0 Å². The minimum atomic E-state index is -0.235. The normalized spacial score (nSPS) is 19.1. The fourth-order valence-electron chi connectivity index (χ4n) is 2.80. The van der Waals surface area contributed by atoms with Gasteiger partial charge in [-0.3, -0.25) is 14.5 Å². The molecule has 0 atom stereocenters. The highest BCUT2D eigenvalue weighted by molar-refractivity contribution is 7.99. The van der Waals surface area contributed by atoms with Crippen LogP contribution in [-0.2, 0) is 16.1 Å². The molecule has 6 nitrogen and oxygen atoms in total. The summed E-state index contributed by atoms with van der Waals surface area (Å²) in [6.07, 6.45) is 0.718. The van der Waals surface area contributed by atoms with Gasteiger partial charge >= 0.3 is 0 Å². The van der Waals surface area contributed by atoms with Crippen LogP contribution in [0.2, 0.25) is 0 Å². The van der Waals surface area contributed by atoms with Crippen molar-refractivity contribution in [1.82, 2.24) is 9.91 Å². The summed E-state index contributed by atoms with van der Waals surface area (Å²) in [5.74, 6) is 2.07. The van der Waals surface area contributed by atoms with Gasteiger partial charge in [-0.05, 0) is 17.7 Å². The van der Waals surface area contributed by atoms with Crippen LogP contribution in [0.25, 0.3) is 0 Å². The van der Waals surface area contributed by atoms with Crippen LogP contribution in [0, 0.1) is 0 Å². The molecule has 0 saturated carbocycles. The fraction of sp³-hybridized carbons (Fsp3) is 0.471. The van der Waals surface area contributed by atoms with Gasteiger partial charge in [0.25, 0.3) is 5.91 Å². The van der Waals surface area contributed by atoms with Crippen LogP contribution >= 0.6 is 11.8 Å². The number of carbonyl (C=O) groups is 2. The van der Waals surface area contributed by atoms with Gasteiger partial charge in [0.05, 0.1) is 0 Å². The van der Waals surface area contributed by atoms with Crippen molar-refractivity contribution in [1.29, 1.82) is 0 Å². The van der Waals surface area contributed by atoms with E-state index in [0.29, 0.717) is 18.6 Å². The molecule has 0 spiro atoms. The van der Waals surface area contributed by atoms with Crippen molar-refractivity contribution in [2.75, 3.05) is 37.0 Å². The zero-order chi connectivity index (χ0) is 16.9. The van der Waals surface area contributed by atoms with Gasteiger partial charge in [-0.15, -0.1) is 0 Å². The van der Waals surface area contributed by atoms with Gasteiger partial charge < -0.3 is 5.32 Å².